The fourth-order valence-electron chi connectivity index (χ4n) is 2.93. The molecular weight excluding hydrogens is 370 g/mol. The first-order chi connectivity index (χ1) is 13.1. The molecular formula is C19H18F2N4OS. The minimum absolute atomic E-state index is 0.113. The molecule has 1 aliphatic rings. The number of aromatic nitrogens is 2. The molecule has 1 saturated heterocycles. The van der Waals surface area contributed by atoms with Crippen molar-refractivity contribution < 1.29 is 13.5 Å². The summed E-state index contributed by atoms with van der Waals surface area (Å²) in [6, 6.07) is 8.03. The number of rotatable bonds is 6. The van der Waals surface area contributed by atoms with E-state index in [4.69, 9.17) is 4.74 Å². The summed E-state index contributed by atoms with van der Waals surface area (Å²) >= 11 is 1.29. The second-order valence-corrected chi connectivity index (χ2v) is 7.34. The van der Waals surface area contributed by atoms with Crippen LogP contribution in [0.15, 0.2) is 35.8 Å². The Kier molecular flexibility index (Phi) is 5.00. The van der Waals surface area contributed by atoms with Crippen LogP contribution >= 0.6 is 11.3 Å². The molecule has 1 fully saturated rings. The molecule has 140 valence electrons. The third-order valence-electron chi connectivity index (χ3n) is 4.44. The Morgan fingerprint density at radius 3 is 2.74 bits per heavy atom. The van der Waals surface area contributed by atoms with Crippen LogP contribution in [0.5, 0.6) is 11.5 Å². The third kappa shape index (κ3) is 4.06. The lowest BCUT2D eigenvalue weighted by Gasteiger charge is -2.28. The van der Waals surface area contributed by atoms with Gasteiger partial charge >= 0.3 is 0 Å². The van der Waals surface area contributed by atoms with Crippen LogP contribution in [0.4, 0.5) is 13.9 Å². The summed E-state index contributed by atoms with van der Waals surface area (Å²) in [5.74, 6) is -0.341. The van der Waals surface area contributed by atoms with Gasteiger partial charge in [0, 0.05) is 37.2 Å². The van der Waals surface area contributed by atoms with Gasteiger partial charge in [0.1, 0.15) is 17.1 Å². The van der Waals surface area contributed by atoms with E-state index < -0.39 is 11.6 Å². The lowest BCUT2D eigenvalue weighted by molar-refractivity contribution is 0.427. The number of anilines is 1. The summed E-state index contributed by atoms with van der Waals surface area (Å²) in [5.41, 5.74) is 3.92. The van der Waals surface area contributed by atoms with Crippen LogP contribution < -0.4 is 15.4 Å². The zero-order valence-electron chi connectivity index (χ0n) is 14.6. The highest BCUT2D eigenvalue weighted by Crippen LogP contribution is 2.31. The van der Waals surface area contributed by atoms with Crippen molar-refractivity contribution in [3.63, 3.8) is 0 Å². The molecule has 8 heteroatoms. The van der Waals surface area contributed by atoms with Crippen molar-refractivity contribution in [2.45, 2.75) is 19.4 Å². The molecule has 0 amide bonds. The number of nitrogens with zero attached hydrogens (tertiary/aromatic N) is 2. The molecule has 0 atom stereocenters. The molecule has 4 rings (SSSR count). The number of aryl methyl sites for hydroxylation is 1. The summed E-state index contributed by atoms with van der Waals surface area (Å²) in [4.78, 5) is 0. The van der Waals surface area contributed by atoms with E-state index in [1.807, 2.05) is 19.1 Å². The number of hydrogen-bond donors (Lipinski definition) is 2. The summed E-state index contributed by atoms with van der Waals surface area (Å²) in [6.07, 6.45) is 0. The quantitative estimate of drug-likeness (QED) is 0.662. The van der Waals surface area contributed by atoms with Crippen molar-refractivity contribution >= 4 is 16.5 Å². The van der Waals surface area contributed by atoms with E-state index in [0.717, 1.165) is 36.3 Å². The molecule has 0 spiro atoms. The van der Waals surface area contributed by atoms with Crippen molar-refractivity contribution in [3.05, 3.63) is 64.2 Å². The normalized spacial score (nSPS) is 14.0. The third-order valence-corrected chi connectivity index (χ3v) is 5.09. The maximum Gasteiger partial charge on any atom is 0.205 e. The van der Waals surface area contributed by atoms with Gasteiger partial charge in [0.15, 0.2) is 11.6 Å². The molecule has 0 saturated carbocycles. The number of halogens is 2. The second kappa shape index (κ2) is 7.58. The maximum absolute atomic E-state index is 14.5. The summed E-state index contributed by atoms with van der Waals surface area (Å²) in [5, 5.41) is 14.2. The van der Waals surface area contributed by atoms with Crippen LogP contribution in [0.25, 0.3) is 0 Å². The van der Waals surface area contributed by atoms with Gasteiger partial charge in [-0.1, -0.05) is 17.4 Å². The topological polar surface area (TPSA) is 59.1 Å². The fourth-order valence-corrected chi connectivity index (χ4v) is 3.37. The van der Waals surface area contributed by atoms with E-state index in [1.54, 1.807) is 5.51 Å². The molecule has 0 bridgehead atoms. The maximum atomic E-state index is 14.5. The predicted molar refractivity (Wildman–Crippen MR) is 100 cm³/mol. The van der Waals surface area contributed by atoms with E-state index in [1.165, 1.54) is 11.3 Å². The zero-order chi connectivity index (χ0) is 18.8. The molecule has 1 aliphatic heterocycles. The Balaban J connectivity index is 1.52. The molecule has 2 N–H and O–H groups in total. The number of ether oxygens (including phenoxy) is 1. The van der Waals surface area contributed by atoms with Gasteiger partial charge in [0.2, 0.25) is 5.13 Å². The number of nitrogens with one attached hydrogen (secondary N) is 2. The van der Waals surface area contributed by atoms with E-state index in [0.29, 0.717) is 16.8 Å². The summed E-state index contributed by atoms with van der Waals surface area (Å²) in [7, 11) is 0. The standard InChI is InChI=1S/C19H18F2N4OS/c1-11-2-12(14-7-22-8-14)4-15(3-11)26-18-6-16(20)13(5-17(18)21)9-23-19-25-24-10-27-19/h2-6,10,14,22H,7-9H2,1H3,(H,23,25). The first-order valence-corrected chi connectivity index (χ1v) is 9.44. The van der Waals surface area contributed by atoms with Crippen molar-refractivity contribution in [1.29, 1.82) is 0 Å². The molecule has 0 aliphatic carbocycles. The monoisotopic (exact) mass is 388 g/mol. The minimum atomic E-state index is -0.612. The lowest BCUT2D eigenvalue weighted by Crippen LogP contribution is -2.39. The summed E-state index contributed by atoms with van der Waals surface area (Å²) < 4.78 is 34.5. The van der Waals surface area contributed by atoms with Gasteiger partial charge in [0.05, 0.1) is 0 Å². The van der Waals surface area contributed by atoms with Crippen LogP contribution in [0, 0.1) is 18.6 Å². The highest BCUT2D eigenvalue weighted by atomic mass is 32.1. The predicted octanol–water partition coefficient (Wildman–Crippen LogP) is 4.22. The highest BCUT2D eigenvalue weighted by Gasteiger charge is 2.20. The Bertz CT molecular complexity index is 945. The second-order valence-electron chi connectivity index (χ2n) is 6.51. The Morgan fingerprint density at radius 1 is 1.19 bits per heavy atom. The van der Waals surface area contributed by atoms with Gasteiger partial charge in [-0.25, -0.2) is 8.78 Å². The van der Waals surface area contributed by atoms with E-state index >= 15 is 0 Å². The lowest BCUT2D eigenvalue weighted by atomic mass is 9.92. The zero-order valence-corrected chi connectivity index (χ0v) is 15.4. The Morgan fingerprint density at radius 2 is 2.04 bits per heavy atom. The average molecular weight is 388 g/mol. The molecule has 27 heavy (non-hydrogen) atoms. The Labute approximate surface area is 159 Å². The van der Waals surface area contributed by atoms with Gasteiger partial charge in [0.25, 0.3) is 0 Å². The molecule has 5 nitrogen and oxygen atoms in total. The van der Waals surface area contributed by atoms with Crippen molar-refractivity contribution in [2.75, 3.05) is 18.4 Å². The molecule has 2 aromatic carbocycles. The van der Waals surface area contributed by atoms with E-state index in [9.17, 15) is 8.78 Å². The average Bonchev–Trinajstić information content (AvgIpc) is 3.08. The number of benzene rings is 2. The Hall–Kier alpha value is -2.58. The fraction of sp³-hybridized carbons (Fsp3) is 0.263. The molecule has 2 heterocycles. The SMILES string of the molecule is Cc1cc(Oc2cc(F)c(CNc3nncs3)cc2F)cc(C2CNC2)c1. The van der Waals surface area contributed by atoms with Crippen molar-refractivity contribution in [3.8, 4) is 11.5 Å². The highest BCUT2D eigenvalue weighted by molar-refractivity contribution is 7.13. The first-order valence-electron chi connectivity index (χ1n) is 8.56. The van der Waals surface area contributed by atoms with Crippen molar-refractivity contribution in [2.24, 2.45) is 0 Å². The van der Waals surface area contributed by atoms with Crippen LogP contribution in [0.1, 0.15) is 22.6 Å². The van der Waals surface area contributed by atoms with Gasteiger partial charge in [-0.3, -0.25) is 0 Å². The number of hydrogen-bond acceptors (Lipinski definition) is 6. The largest absolute Gasteiger partial charge is 0.454 e. The van der Waals surface area contributed by atoms with E-state index in [2.05, 4.69) is 26.9 Å². The van der Waals surface area contributed by atoms with Crippen molar-refractivity contribution in [1.82, 2.24) is 15.5 Å². The van der Waals surface area contributed by atoms with Crippen LogP contribution in [0.3, 0.4) is 0 Å². The van der Waals surface area contributed by atoms with Gasteiger partial charge < -0.3 is 15.4 Å². The van der Waals surface area contributed by atoms with Crippen LogP contribution in [0.2, 0.25) is 0 Å². The van der Waals surface area contributed by atoms with Crippen LogP contribution in [-0.4, -0.2) is 23.3 Å². The van der Waals surface area contributed by atoms with E-state index in [-0.39, 0.29) is 17.9 Å². The molecule has 3 aromatic rings. The van der Waals surface area contributed by atoms with Gasteiger partial charge in [-0.05, 0) is 36.2 Å². The smallest absolute Gasteiger partial charge is 0.205 e. The molecule has 0 radical (unpaired) electrons. The van der Waals surface area contributed by atoms with Gasteiger partial charge in [-0.15, -0.1) is 10.2 Å². The first kappa shape index (κ1) is 17.8. The molecule has 1 aromatic heterocycles. The molecule has 0 unspecified atom stereocenters. The van der Waals surface area contributed by atoms with Gasteiger partial charge in [-0.2, -0.15) is 0 Å². The minimum Gasteiger partial charge on any atom is -0.454 e. The van der Waals surface area contributed by atoms with Crippen LogP contribution in [-0.2, 0) is 6.54 Å². The summed E-state index contributed by atoms with van der Waals surface area (Å²) in [6.45, 7) is 3.91.